The fourth-order valence-electron chi connectivity index (χ4n) is 3.23. The van der Waals surface area contributed by atoms with Gasteiger partial charge in [-0.25, -0.2) is 4.68 Å². The summed E-state index contributed by atoms with van der Waals surface area (Å²) in [4.78, 5) is 8.91. The van der Waals surface area contributed by atoms with Crippen LogP contribution in [0.5, 0.6) is 11.5 Å². The average Bonchev–Trinajstić information content (AvgIpc) is 3.60. The molecule has 0 aliphatic rings. The quantitative estimate of drug-likeness (QED) is 0.350. The van der Waals surface area contributed by atoms with Gasteiger partial charge in [-0.15, -0.1) is 5.10 Å². The second kappa shape index (κ2) is 8.86. The van der Waals surface area contributed by atoms with E-state index >= 15 is 0 Å². The van der Waals surface area contributed by atoms with Gasteiger partial charge in [0.05, 0.1) is 36.8 Å². The monoisotopic (exact) mass is 445 g/mol. The molecule has 12 nitrogen and oxygen atoms in total. The fraction of sp³-hybridized carbons (Fsp3) is 0.190. The number of tetrazole rings is 1. The van der Waals surface area contributed by atoms with Crippen LogP contribution < -0.4 is 9.47 Å². The van der Waals surface area contributed by atoms with E-state index in [-0.39, 0.29) is 6.61 Å². The standard InChI is InChI=1S/C21H19N9O3/c1-29-19(12-32-17-5-3-4-16(9-17)31-2)18(10-24-29)21-25-20(26-33-21)14-6-7-22-15(8-14)11-30-13-23-27-28-30/h3-10,13H,11-12H2,1-2H3. The smallest absolute Gasteiger partial charge is 0.261 e. The Morgan fingerprint density at radius 3 is 2.88 bits per heavy atom. The third-order valence-electron chi connectivity index (χ3n) is 4.92. The maximum absolute atomic E-state index is 5.94. The summed E-state index contributed by atoms with van der Waals surface area (Å²) < 4.78 is 20.0. The first kappa shape index (κ1) is 20.3. The zero-order valence-electron chi connectivity index (χ0n) is 17.9. The maximum atomic E-state index is 5.94. The number of nitrogens with zero attached hydrogens (tertiary/aromatic N) is 9. The highest BCUT2D eigenvalue weighted by atomic mass is 16.5. The van der Waals surface area contributed by atoms with E-state index in [1.807, 2.05) is 43.4 Å². The number of hydrogen-bond acceptors (Lipinski definition) is 10. The molecule has 12 heteroatoms. The predicted molar refractivity (Wildman–Crippen MR) is 114 cm³/mol. The Kier molecular flexibility index (Phi) is 5.45. The van der Waals surface area contributed by atoms with Gasteiger partial charge in [0.1, 0.15) is 24.4 Å². The van der Waals surface area contributed by atoms with Crippen LogP contribution in [0.1, 0.15) is 11.4 Å². The normalized spacial score (nSPS) is 11.0. The van der Waals surface area contributed by atoms with Crippen LogP contribution in [0.4, 0.5) is 0 Å². The molecular formula is C21H19N9O3. The van der Waals surface area contributed by atoms with E-state index in [4.69, 9.17) is 14.0 Å². The van der Waals surface area contributed by atoms with E-state index in [0.29, 0.717) is 29.6 Å². The number of benzene rings is 1. The lowest BCUT2D eigenvalue weighted by atomic mass is 10.2. The van der Waals surface area contributed by atoms with E-state index in [9.17, 15) is 0 Å². The molecule has 4 aromatic heterocycles. The van der Waals surface area contributed by atoms with Crippen LogP contribution in [0.25, 0.3) is 22.8 Å². The Morgan fingerprint density at radius 1 is 1.12 bits per heavy atom. The molecule has 0 radical (unpaired) electrons. The molecule has 1 aromatic carbocycles. The molecular weight excluding hydrogens is 426 g/mol. The lowest BCUT2D eigenvalue weighted by Gasteiger charge is -2.09. The van der Waals surface area contributed by atoms with Crippen LogP contribution >= 0.6 is 0 Å². The minimum Gasteiger partial charge on any atom is -0.497 e. The zero-order valence-corrected chi connectivity index (χ0v) is 17.9. The average molecular weight is 445 g/mol. The van der Waals surface area contributed by atoms with Crippen molar-refractivity contribution < 1.29 is 14.0 Å². The van der Waals surface area contributed by atoms with Crippen molar-refractivity contribution in [3.05, 3.63) is 66.5 Å². The second-order valence-corrected chi connectivity index (χ2v) is 7.06. The Hall–Kier alpha value is -4.61. The highest BCUT2D eigenvalue weighted by Crippen LogP contribution is 2.27. The Balaban J connectivity index is 1.36. The lowest BCUT2D eigenvalue weighted by molar-refractivity contribution is 0.292. The Morgan fingerprint density at radius 2 is 2.03 bits per heavy atom. The molecule has 0 aliphatic carbocycles. The number of rotatable bonds is 8. The minimum atomic E-state index is 0.266. The molecule has 0 saturated carbocycles. The fourth-order valence-corrected chi connectivity index (χ4v) is 3.23. The summed E-state index contributed by atoms with van der Waals surface area (Å²) in [5.74, 6) is 2.19. The molecule has 0 atom stereocenters. The van der Waals surface area contributed by atoms with E-state index < -0.39 is 0 Å². The highest BCUT2D eigenvalue weighted by Gasteiger charge is 2.19. The molecule has 0 bridgehead atoms. The minimum absolute atomic E-state index is 0.266. The molecule has 166 valence electrons. The van der Waals surface area contributed by atoms with E-state index in [0.717, 1.165) is 22.7 Å². The summed E-state index contributed by atoms with van der Waals surface area (Å²) in [6.07, 6.45) is 4.89. The number of methoxy groups -OCH3 is 1. The van der Waals surface area contributed by atoms with Gasteiger partial charge in [0.2, 0.25) is 5.82 Å². The number of ether oxygens (including phenoxy) is 2. The van der Waals surface area contributed by atoms with Gasteiger partial charge in [0.25, 0.3) is 5.89 Å². The van der Waals surface area contributed by atoms with Gasteiger partial charge in [-0.05, 0) is 34.7 Å². The van der Waals surface area contributed by atoms with Crippen LogP contribution in [-0.2, 0) is 20.2 Å². The maximum Gasteiger partial charge on any atom is 0.261 e. The lowest BCUT2D eigenvalue weighted by Crippen LogP contribution is -2.04. The summed E-state index contributed by atoms with van der Waals surface area (Å²) in [5.41, 5.74) is 3.02. The van der Waals surface area contributed by atoms with Gasteiger partial charge in [-0.2, -0.15) is 10.1 Å². The third-order valence-corrected chi connectivity index (χ3v) is 4.92. The summed E-state index contributed by atoms with van der Waals surface area (Å²) in [6.45, 7) is 0.696. The first-order valence-corrected chi connectivity index (χ1v) is 9.97. The molecule has 33 heavy (non-hydrogen) atoms. The Labute approximate surface area is 187 Å². The van der Waals surface area contributed by atoms with Gasteiger partial charge in [0, 0.05) is 24.9 Å². The van der Waals surface area contributed by atoms with Crippen molar-refractivity contribution in [3.8, 4) is 34.3 Å². The van der Waals surface area contributed by atoms with E-state index in [2.05, 4.69) is 35.7 Å². The van der Waals surface area contributed by atoms with Crippen LogP contribution in [-0.4, -0.2) is 52.2 Å². The molecule has 0 fully saturated rings. The van der Waals surface area contributed by atoms with Crippen LogP contribution in [0, 0.1) is 0 Å². The second-order valence-electron chi connectivity index (χ2n) is 7.06. The number of pyridine rings is 1. The molecule has 5 aromatic rings. The molecule has 5 rings (SSSR count). The third kappa shape index (κ3) is 4.39. The van der Waals surface area contributed by atoms with Gasteiger partial charge in [0.15, 0.2) is 0 Å². The first-order valence-electron chi connectivity index (χ1n) is 9.97. The summed E-state index contributed by atoms with van der Waals surface area (Å²) >= 11 is 0. The molecule has 4 heterocycles. The van der Waals surface area contributed by atoms with Crippen molar-refractivity contribution in [2.75, 3.05) is 7.11 Å². The van der Waals surface area contributed by atoms with E-state index in [1.165, 1.54) is 6.33 Å². The van der Waals surface area contributed by atoms with Crippen LogP contribution in [0.2, 0.25) is 0 Å². The topological polar surface area (TPSA) is 132 Å². The first-order chi connectivity index (χ1) is 16.2. The van der Waals surface area contributed by atoms with Crippen molar-refractivity contribution >= 4 is 0 Å². The summed E-state index contributed by atoms with van der Waals surface area (Å²) in [5, 5.41) is 19.6. The SMILES string of the molecule is COc1cccc(OCc2c(-c3nc(-c4ccnc(Cn5cnnn5)c4)no3)cnn2C)c1. The number of aryl methyl sites for hydroxylation is 1. The van der Waals surface area contributed by atoms with Gasteiger partial charge in [-0.1, -0.05) is 11.2 Å². The number of aromatic nitrogens is 9. The van der Waals surface area contributed by atoms with Crippen molar-refractivity contribution in [1.29, 1.82) is 0 Å². The van der Waals surface area contributed by atoms with Crippen LogP contribution in [0.3, 0.4) is 0 Å². The zero-order chi connectivity index (χ0) is 22.6. The Bertz CT molecular complexity index is 1360. The van der Waals surface area contributed by atoms with Gasteiger partial charge >= 0.3 is 0 Å². The van der Waals surface area contributed by atoms with Gasteiger partial charge in [-0.3, -0.25) is 9.67 Å². The number of hydrogen-bond donors (Lipinski definition) is 0. The van der Waals surface area contributed by atoms with Crippen molar-refractivity contribution in [1.82, 2.24) is 45.1 Å². The molecule has 0 amide bonds. The summed E-state index contributed by atoms with van der Waals surface area (Å²) in [7, 11) is 3.45. The van der Waals surface area contributed by atoms with Crippen molar-refractivity contribution in [3.63, 3.8) is 0 Å². The van der Waals surface area contributed by atoms with Crippen LogP contribution in [0.15, 0.2) is 59.6 Å². The predicted octanol–water partition coefficient (Wildman–Crippen LogP) is 2.15. The molecule has 0 saturated heterocycles. The molecule has 0 unspecified atom stereocenters. The van der Waals surface area contributed by atoms with E-state index in [1.54, 1.807) is 28.9 Å². The van der Waals surface area contributed by atoms with Gasteiger partial charge < -0.3 is 14.0 Å². The van der Waals surface area contributed by atoms with Crippen molar-refractivity contribution in [2.45, 2.75) is 13.2 Å². The largest absolute Gasteiger partial charge is 0.497 e. The molecule has 0 N–H and O–H groups in total. The molecule has 0 aliphatic heterocycles. The van der Waals surface area contributed by atoms with Crippen molar-refractivity contribution in [2.24, 2.45) is 7.05 Å². The molecule has 0 spiro atoms. The summed E-state index contributed by atoms with van der Waals surface area (Å²) in [6, 6.07) is 11.1. The highest BCUT2D eigenvalue weighted by molar-refractivity contribution is 5.61.